The first-order chi connectivity index (χ1) is 14.0. The lowest BCUT2D eigenvalue weighted by molar-refractivity contribution is 0.174. The van der Waals surface area contributed by atoms with Gasteiger partial charge in [0.15, 0.2) is 11.5 Å². The molecule has 4 rings (SSSR count). The number of pyridine rings is 1. The number of aromatic nitrogens is 1. The van der Waals surface area contributed by atoms with Crippen LogP contribution in [0.1, 0.15) is 11.1 Å². The number of anilines is 1. The third kappa shape index (κ3) is 4.17. The average Bonchev–Trinajstić information content (AvgIpc) is 3.20. The van der Waals surface area contributed by atoms with Crippen molar-refractivity contribution in [1.29, 1.82) is 0 Å². The van der Waals surface area contributed by atoms with Gasteiger partial charge in [-0.15, -0.1) is 0 Å². The first kappa shape index (κ1) is 18.8. The Hall–Kier alpha value is -3.52. The molecule has 2 heterocycles. The fourth-order valence-electron chi connectivity index (χ4n) is 2.80. The summed E-state index contributed by atoms with van der Waals surface area (Å²) < 4.78 is 44.3. The summed E-state index contributed by atoms with van der Waals surface area (Å²) in [5.74, 6) is 1.62. The first-order valence-electron chi connectivity index (χ1n) is 8.74. The maximum Gasteiger partial charge on any atom is 0.261 e. The van der Waals surface area contributed by atoms with E-state index in [0.717, 1.165) is 5.56 Å². The molecule has 0 amide bonds. The van der Waals surface area contributed by atoms with Crippen LogP contribution in [0.15, 0.2) is 65.8 Å². The topological polar surface area (TPSA) is 86.8 Å². The largest absolute Gasteiger partial charge is 0.497 e. The van der Waals surface area contributed by atoms with E-state index >= 15 is 0 Å². The SMILES string of the molecule is COc1ccc(S(=O)(=O)Nc2cc3c(cc2C=Cc2ccncc2)OCO3)cc1. The minimum atomic E-state index is -3.81. The monoisotopic (exact) mass is 410 g/mol. The second-order valence-electron chi connectivity index (χ2n) is 6.19. The van der Waals surface area contributed by atoms with Crippen LogP contribution in [0.3, 0.4) is 0 Å². The highest BCUT2D eigenvalue weighted by Gasteiger charge is 2.21. The molecule has 148 valence electrons. The van der Waals surface area contributed by atoms with E-state index in [9.17, 15) is 8.42 Å². The van der Waals surface area contributed by atoms with Crippen LogP contribution in [0, 0.1) is 0 Å². The van der Waals surface area contributed by atoms with Gasteiger partial charge in [-0.25, -0.2) is 8.42 Å². The molecule has 7 nitrogen and oxygen atoms in total. The molecule has 0 saturated heterocycles. The van der Waals surface area contributed by atoms with Gasteiger partial charge < -0.3 is 14.2 Å². The number of benzene rings is 2. The van der Waals surface area contributed by atoms with Gasteiger partial charge in [-0.3, -0.25) is 9.71 Å². The second-order valence-corrected chi connectivity index (χ2v) is 7.87. The number of rotatable bonds is 6. The summed E-state index contributed by atoms with van der Waals surface area (Å²) in [4.78, 5) is 4.11. The molecule has 0 atom stereocenters. The third-order valence-electron chi connectivity index (χ3n) is 4.32. The molecule has 1 N–H and O–H groups in total. The van der Waals surface area contributed by atoms with E-state index in [4.69, 9.17) is 14.2 Å². The summed E-state index contributed by atoms with van der Waals surface area (Å²) >= 11 is 0. The molecule has 29 heavy (non-hydrogen) atoms. The Balaban J connectivity index is 1.69. The minimum absolute atomic E-state index is 0.0948. The van der Waals surface area contributed by atoms with Crippen LogP contribution < -0.4 is 18.9 Å². The van der Waals surface area contributed by atoms with Crippen molar-refractivity contribution in [2.24, 2.45) is 0 Å². The number of nitrogens with zero attached hydrogens (tertiary/aromatic N) is 1. The van der Waals surface area contributed by atoms with Crippen LogP contribution in [0.25, 0.3) is 12.2 Å². The predicted molar refractivity (Wildman–Crippen MR) is 110 cm³/mol. The molecule has 1 aromatic heterocycles. The van der Waals surface area contributed by atoms with Crippen LogP contribution in [0.5, 0.6) is 17.2 Å². The van der Waals surface area contributed by atoms with E-state index in [1.165, 1.54) is 19.2 Å². The van der Waals surface area contributed by atoms with Gasteiger partial charge in [0.05, 0.1) is 17.7 Å². The molecule has 1 aliphatic heterocycles. The van der Waals surface area contributed by atoms with Gasteiger partial charge in [0.25, 0.3) is 10.0 Å². The zero-order chi connectivity index (χ0) is 20.3. The van der Waals surface area contributed by atoms with E-state index in [2.05, 4.69) is 9.71 Å². The van der Waals surface area contributed by atoms with Gasteiger partial charge in [-0.05, 0) is 48.0 Å². The summed E-state index contributed by atoms with van der Waals surface area (Å²) in [6, 6.07) is 13.2. The summed E-state index contributed by atoms with van der Waals surface area (Å²) in [5, 5.41) is 0. The van der Waals surface area contributed by atoms with Crippen LogP contribution in [0.4, 0.5) is 5.69 Å². The fourth-order valence-corrected chi connectivity index (χ4v) is 3.88. The first-order valence-corrected chi connectivity index (χ1v) is 10.2. The molecule has 0 fully saturated rings. The number of hydrogen-bond donors (Lipinski definition) is 1. The molecule has 0 spiro atoms. The van der Waals surface area contributed by atoms with E-state index in [0.29, 0.717) is 28.5 Å². The molecule has 0 saturated carbocycles. The Labute approximate surface area is 168 Å². The van der Waals surface area contributed by atoms with Crippen LogP contribution in [-0.4, -0.2) is 27.3 Å². The number of hydrogen-bond acceptors (Lipinski definition) is 6. The van der Waals surface area contributed by atoms with Crippen LogP contribution in [-0.2, 0) is 10.0 Å². The fraction of sp³-hybridized carbons (Fsp3) is 0.0952. The number of methoxy groups -OCH3 is 1. The van der Waals surface area contributed by atoms with Crippen molar-refractivity contribution in [2.75, 3.05) is 18.6 Å². The Bertz CT molecular complexity index is 1140. The van der Waals surface area contributed by atoms with Crippen LogP contribution in [0.2, 0.25) is 0 Å². The normalized spacial score (nSPS) is 12.9. The van der Waals surface area contributed by atoms with Gasteiger partial charge in [0.2, 0.25) is 6.79 Å². The van der Waals surface area contributed by atoms with Crippen molar-refractivity contribution >= 4 is 27.9 Å². The Morgan fingerprint density at radius 1 is 1.00 bits per heavy atom. The highest BCUT2D eigenvalue weighted by atomic mass is 32.2. The van der Waals surface area contributed by atoms with Gasteiger partial charge >= 0.3 is 0 Å². The van der Waals surface area contributed by atoms with E-state index in [-0.39, 0.29) is 11.7 Å². The Kier molecular flexibility index (Phi) is 5.09. The molecular formula is C21H18N2O5S. The predicted octanol–water partition coefficient (Wildman–Crippen LogP) is 3.79. The van der Waals surface area contributed by atoms with Gasteiger partial charge in [-0.2, -0.15) is 0 Å². The van der Waals surface area contributed by atoms with E-state index in [1.807, 2.05) is 24.3 Å². The minimum Gasteiger partial charge on any atom is -0.497 e. The van der Waals surface area contributed by atoms with Crippen molar-refractivity contribution in [2.45, 2.75) is 4.90 Å². The molecule has 0 bridgehead atoms. The number of fused-ring (bicyclic) bond motifs is 1. The highest BCUT2D eigenvalue weighted by molar-refractivity contribution is 7.92. The number of ether oxygens (including phenoxy) is 3. The lowest BCUT2D eigenvalue weighted by Gasteiger charge is -2.12. The quantitative estimate of drug-likeness (QED) is 0.665. The molecule has 2 aromatic carbocycles. The maximum absolute atomic E-state index is 12.9. The summed E-state index contributed by atoms with van der Waals surface area (Å²) in [7, 11) is -2.28. The van der Waals surface area contributed by atoms with Crippen molar-refractivity contribution in [3.05, 3.63) is 72.1 Å². The Morgan fingerprint density at radius 3 is 2.38 bits per heavy atom. The Morgan fingerprint density at radius 2 is 1.69 bits per heavy atom. The summed E-state index contributed by atoms with van der Waals surface area (Å²) in [5.41, 5.74) is 1.96. The second kappa shape index (κ2) is 7.84. The molecule has 0 aliphatic carbocycles. The zero-order valence-electron chi connectivity index (χ0n) is 15.5. The van der Waals surface area contributed by atoms with E-state index < -0.39 is 10.0 Å². The van der Waals surface area contributed by atoms with Gasteiger partial charge in [0.1, 0.15) is 5.75 Å². The van der Waals surface area contributed by atoms with Crippen LogP contribution >= 0.6 is 0 Å². The third-order valence-corrected chi connectivity index (χ3v) is 5.70. The van der Waals surface area contributed by atoms with Crippen molar-refractivity contribution in [3.63, 3.8) is 0 Å². The van der Waals surface area contributed by atoms with E-state index in [1.54, 1.807) is 36.7 Å². The lowest BCUT2D eigenvalue weighted by atomic mass is 10.1. The lowest BCUT2D eigenvalue weighted by Crippen LogP contribution is -2.13. The summed E-state index contributed by atoms with van der Waals surface area (Å²) in [6.45, 7) is 0.0948. The molecule has 8 heteroatoms. The molecule has 3 aromatic rings. The van der Waals surface area contributed by atoms with Gasteiger partial charge in [0, 0.05) is 24.0 Å². The molecule has 0 unspecified atom stereocenters. The summed E-state index contributed by atoms with van der Waals surface area (Å²) in [6.07, 6.45) is 7.05. The maximum atomic E-state index is 12.9. The highest BCUT2D eigenvalue weighted by Crippen LogP contribution is 2.38. The van der Waals surface area contributed by atoms with Crippen molar-refractivity contribution < 1.29 is 22.6 Å². The van der Waals surface area contributed by atoms with Crippen molar-refractivity contribution in [3.8, 4) is 17.2 Å². The molecular weight excluding hydrogens is 392 g/mol. The molecule has 0 radical (unpaired) electrons. The standard InChI is InChI=1S/C21H18N2O5S/c1-26-17-4-6-18(7-5-17)29(24,25)23-19-13-21-20(27-14-28-21)12-16(19)3-2-15-8-10-22-11-9-15/h2-13,23H,14H2,1H3. The van der Waals surface area contributed by atoms with Gasteiger partial charge in [-0.1, -0.05) is 12.2 Å². The zero-order valence-corrected chi connectivity index (χ0v) is 16.3. The number of sulfonamides is 1. The average molecular weight is 410 g/mol. The molecule has 1 aliphatic rings. The smallest absolute Gasteiger partial charge is 0.261 e. The number of nitrogens with one attached hydrogen (secondary N) is 1. The van der Waals surface area contributed by atoms with Crippen molar-refractivity contribution in [1.82, 2.24) is 4.98 Å².